The summed E-state index contributed by atoms with van der Waals surface area (Å²) in [6.45, 7) is 5.69. The van der Waals surface area contributed by atoms with Crippen LogP contribution in [-0.2, 0) is 0 Å². The first-order chi connectivity index (χ1) is 11.7. The predicted octanol–water partition coefficient (Wildman–Crippen LogP) is 3.32. The third kappa shape index (κ3) is 3.27. The van der Waals surface area contributed by atoms with E-state index in [9.17, 15) is 10.1 Å². The Hall–Kier alpha value is -2.76. The topological polar surface area (TPSA) is 58.8 Å². The Bertz CT molecular complexity index is 712. The van der Waals surface area contributed by atoms with Crippen molar-refractivity contribution in [2.75, 3.05) is 42.6 Å². The summed E-state index contributed by atoms with van der Waals surface area (Å²) in [6.07, 6.45) is 0. The molecule has 0 atom stereocenters. The number of para-hydroxylation sites is 4. The molecule has 1 heterocycles. The smallest absolute Gasteiger partial charge is 0.292 e. The summed E-state index contributed by atoms with van der Waals surface area (Å²) < 4.78 is 5.71. The number of benzene rings is 2. The predicted molar refractivity (Wildman–Crippen MR) is 95.1 cm³/mol. The van der Waals surface area contributed by atoms with Crippen LogP contribution in [0.25, 0.3) is 0 Å². The number of ether oxygens (including phenoxy) is 1. The van der Waals surface area contributed by atoms with Gasteiger partial charge in [0.1, 0.15) is 11.4 Å². The molecule has 0 unspecified atom stereocenters. The fourth-order valence-corrected chi connectivity index (χ4v) is 3.07. The molecule has 1 aliphatic rings. The minimum atomic E-state index is -0.313. The van der Waals surface area contributed by atoms with Gasteiger partial charge >= 0.3 is 0 Å². The molecule has 2 aromatic rings. The monoisotopic (exact) mass is 327 g/mol. The van der Waals surface area contributed by atoms with Crippen molar-refractivity contribution >= 4 is 17.1 Å². The van der Waals surface area contributed by atoms with Gasteiger partial charge in [-0.1, -0.05) is 24.3 Å². The van der Waals surface area contributed by atoms with E-state index in [1.807, 2.05) is 37.3 Å². The molecule has 0 aromatic heterocycles. The Balaban J connectivity index is 1.74. The zero-order valence-electron chi connectivity index (χ0n) is 13.7. The van der Waals surface area contributed by atoms with E-state index in [0.717, 1.165) is 37.6 Å². The Morgan fingerprint density at radius 1 is 0.958 bits per heavy atom. The van der Waals surface area contributed by atoms with Crippen LogP contribution in [0, 0.1) is 10.1 Å². The molecule has 1 aliphatic heterocycles. The second-order valence-electron chi connectivity index (χ2n) is 5.62. The number of hydrogen-bond donors (Lipinski definition) is 0. The summed E-state index contributed by atoms with van der Waals surface area (Å²) in [7, 11) is 0. The van der Waals surface area contributed by atoms with Gasteiger partial charge in [-0.15, -0.1) is 0 Å². The summed E-state index contributed by atoms with van der Waals surface area (Å²) >= 11 is 0. The van der Waals surface area contributed by atoms with Crippen molar-refractivity contribution in [2.45, 2.75) is 6.92 Å². The van der Waals surface area contributed by atoms with E-state index in [1.165, 1.54) is 0 Å². The molecule has 0 saturated carbocycles. The van der Waals surface area contributed by atoms with E-state index in [1.54, 1.807) is 12.1 Å². The Morgan fingerprint density at radius 3 is 2.12 bits per heavy atom. The summed E-state index contributed by atoms with van der Waals surface area (Å²) in [5.41, 5.74) is 1.95. The zero-order chi connectivity index (χ0) is 16.9. The van der Waals surface area contributed by atoms with E-state index in [-0.39, 0.29) is 10.6 Å². The fourth-order valence-electron chi connectivity index (χ4n) is 3.07. The molecule has 0 amide bonds. The van der Waals surface area contributed by atoms with Crippen LogP contribution in [0.2, 0.25) is 0 Å². The van der Waals surface area contributed by atoms with Crippen LogP contribution in [0.5, 0.6) is 5.75 Å². The van der Waals surface area contributed by atoms with Crippen molar-refractivity contribution in [1.29, 1.82) is 0 Å². The van der Waals surface area contributed by atoms with Crippen molar-refractivity contribution < 1.29 is 9.66 Å². The lowest BCUT2D eigenvalue weighted by atomic mass is 10.2. The van der Waals surface area contributed by atoms with Crippen molar-refractivity contribution in [2.24, 2.45) is 0 Å². The standard InChI is InChI=1S/C18H21N3O3/c1-2-24-18-10-6-5-9-17(18)20-13-11-19(12-14-20)15-7-3-4-8-16(15)21(22)23/h3-10H,2,11-14H2,1H3. The molecule has 0 aliphatic carbocycles. The highest BCUT2D eigenvalue weighted by atomic mass is 16.6. The molecule has 126 valence electrons. The van der Waals surface area contributed by atoms with Crippen molar-refractivity contribution in [3.8, 4) is 5.75 Å². The first kappa shape index (κ1) is 16.1. The van der Waals surface area contributed by atoms with Crippen LogP contribution in [0.1, 0.15) is 6.92 Å². The molecule has 0 N–H and O–H groups in total. The van der Waals surface area contributed by atoms with Gasteiger partial charge in [0.15, 0.2) is 0 Å². The van der Waals surface area contributed by atoms with Crippen LogP contribution >= 0.6 is 0 Å². The third-order valence-corrected chi connectivity index (χ3v) is 4.20. The summed E-state index contributed by atoms with van der Waals surface area (Å²) in [5.74, 6) is 0.888. The van der Waals surface area contributed by atoms with E-state index in [4.69, 9.17) is 4.74 Å². The largest absolute Gasteiger partial charge is 0.492 e. The van der Waals surface area contributed by atoms with Crippen LogP contribution in [0.3, 0.4) is 0 Å². The number of hydrogen-bond acceptors (Lipinski definition) is 5. The maximum absolute atomic E-state index is 11.2. The van der Waals surface area contributed by atoms with E-state index in [2.05, 4.69) is 15.9 Å². The van der Waals surface area contributed by atoms with Gasteiger partial charge in [0, 0.05) is 32.2 Å². The summed E-state index contributed by atoms with van der Waals surface area (Å²) in [4.78, 5) is 15.3. The number of nitro groups is 1. The third-order valence-electron chi connectivity index (χ3n) is 4.20. The normalized spacial score (nSPS) is 14.5. The molecule has 24 heavy (non-hydrogen) atoms. The van der Waals surface area contributed by atoms with Crippen molar-refractivity contribution in [3.05, 3.63) is 58.6 Å². The van der Waals surface area contributed by atoms with Gasteiger partial charge in [0.05, 0.1) is 17.2 Å². The zero-order valence-corrected chi connectivity index (χ0v) is 13.7. The van der Waals surface area contributed by atoms with Crippen LogP contribution in [-0.4, -0.2) is 37.7 Å². The molecule has 6 heteroatoms. The molecule has 6 nitrogen and oxygen atoms in total. The number of piperazine rings is 1. The van der Waals surface area contributed by atoms with E-state index >= 15 is 0 Å². The Kier molecular flexibility index (Phi) is 4.84. The second kappa shape index (κ2) is 7.21. The molecule has 3 rings (SSSR count). The van der Waals surface area contributed by atoms with Crippen LogP contribution < -0.4 is 14.5 Å². The molecule has 0 spiro atoms. The van der Waals surface area contributed by atoms with Gasteiger partial charge in [-0.05, 0) is 25.1 Å². The maximum Gasteiger partial charge on any atom is 0.292 e. The minimum absolute atomic E-state index is 0.167. The SMILES string of the molecule is CCOc1ccccc1N1CCN(c2ccccc2[N+](=O)[O-])CC1. The van der Waals surface area contributed by atoms with E-state index < -0.39 is 0 Å². The Labute approximate surface area is 141 Å². The molecule has 0 radical (unpaired) electrons. The molecule has 1 saturated heterocycles. The van der Waals surface area contributed by atoms with Gasteiger partial charge in [0.2, 0.25) is 0 Å². The lowest BCUT2D eigenvalue weighted by Crippen LogP contribution is -2.46. The highest BCUT2D eigenvalue weighted by Gasteiger charge is 2.24. The highest BCUT2D eigenvalue weighted by Crippen LogP contribution is 2.32. The molecule has 0 bridgehead atoms. The Morgan fingerprint density at radius 2 is 1.50 bits per heavy atom. The van der Waals surface area contributed by atoms with Gasteiger partial charge in [-0.3, -0.25) is 10.1 Å². The average Bonchev–Trinajstić information content (AvgIpc) is 2.63. The fraction of sp³-hybridized carbons (Fsp3) is 0.333. The molecular weight excluding hydrogens is 306 g/mol. The number of nitrogens with zero attached hydrogens (tertiary/aromatic N) is 3. The quantitative estimate of drug-likeness (QED) is 0.623. The van der Waals surface area contributed by atoms with Crippen LogP contribution in [0.15, 0.2) is 48.5 Å². The van der Waals surface area contributed by atoms with Gasteiger partial charge in [-0.2, -0.15) is 0 Å². The molecule has 2 aromatic carbocycles. The van der Waals surface area contributed by atoms with Crippen molar-refractivity contribution in [3.63, 3.8) is 0 Å². The maximum atomic E-state index is 11.2. The number of rotatable bonds is 5. The van der Waals surface area contributed by atoms with Crippen LogP contribution in [0.4, 0.5) is 17.1 Å². The first-order valence-corrected chi connectivity index (χ1v) is 8.16. The number of nitro benzene ring substituents is 1. The molecular formula is C18H21N3O3. The summed E-state index contributed by atoms with van der Waals surface area (Å²) in [6, 6.07) is 15.0. The van der Waals surface area contributed by atoms with Gasteiger partial charge < -0.3 is 14.5 Å². The van der Waals surface area contributed by atoms with E-state index in [0.29, 0.717) is 12.3 Å². The van der Waals surface area contributed by atoms with Gasteiger partial charge in [-0.25, -0.2) is 0 Å². The highest BCUT2D eigenvalue weighted by molar-refractivity contribution is 5.65. The first-order valence-electron chi connectivity index (χ1n) is 8.16. The van der Waals surface area contributed by atoms with Crippen molar-refractivity contribution in [1.82, 2.24) is 0 Å². The molecule has 1 fully saturated rings. The lowest BCUT2D eigenvalue weighted by molar-refractivity contribution is -0.384. The second-order valence-corrected chi connectivity index (χ2v) is 5.62. The minimum Gasteiger partial charge on any atom is -0.492 e. The van der Waals surface area contributed by atoms with Gasteiger partial charge in [0.25, 0.3) is 5.69 Å². The lowest BCUT2D eigenvalue weighted by Gasteiger charge is -2.37. The number of anilines is 2. The average molecular weight is 327 g/mol. The summed E-state index contributed by atoms with van der Waals surface area (Å²) in [5, 5.41) is 11.2.